The van der Waals surface area contributed by atoms with Gasteiger partial charge < -0.3 is 9.84 Å². The highest BCUT2D eigenvalue weighted by molar-refractivity contribution is 6.04. The van der Waals surface area contributed by atoms with Crippen LogP contribution < -0.4 is 0 Å². The van der Waals surface area contributed by atoms with Gasteiger partial charge >= 0.3 is 11.9 Å². The lowest BCUT2D eigenvalue weighted by atomic mass is 10.1. The number of ketones is 1. The molecule has 0 aliphatic rings. The monoisotopic (exact) mass is 284 g/mol. The number of benzene rings is 2. The predicted octanol–water partition coefficient (Wildman–Crippen LogP) is 2.42. The van der Waals surface area contributed by atoms with Gasteiger partial charge in [0.1, 0.15) is 0 Å². The molecule has 0 unspecified atom stereocenters. The first-order valence-corrected chi connectivity index (χ1v) is 6.17. The summed E-state index contributed by atoms with van der Waals surface area (Å²) in [4.78, 5) is 34.7. The second kappa shape index (κ2) is 6.47. The molecule has 5 nitrogen and oxygen atoms in total. The molecular weight excluding hydrogens is 272 g/mol. The number of Topliss-reactive ketones (excluding diaryl/α,β-unsaturated/α-hetero) is 1. The van der Waals surface area contributed by atoms with Crippen LogP contribution in [0.4, 0.5) is 0 Å². The Kier molecular flexibility index (Phi) is 4.46. The van der Waals surface area contributed by atoms with Crippen LogP contribution in [0.3, 0.4) is 0 Å². The predicted molar refractivity (Wildman–Crippen MR) is 74.5 cm³/mol. The van der Waals surface area contributed by atoms with E-state index in [1.165, 1.54) is 24.3 Å². The van der Waals surface area contributed by atoms with Crippen LogP contribution in [0.2, 0.25) is 0 Å². The third-order valence-electron chi connectivity index (χ3n) is 2.81. The highest BCUT2D eigenvalue weighted by atomic mass is 16.5. The van der Waals surface area contributed by atoms with E-state index < -0.39 is 18.5 Å². The van der Waals surface area contributed by atoms with E-state index >= 15 is 0 Å². The number of esters is 1. The van der Waals surface area contributed by atoms with Crippen molar-refractivity contribution in [2.24, 2.45) is 0 Å². The minimum atomic E-state index is -1.23. The lowest BCUT2D eigenvalue weighted by molar-refractivity contribution is 0.0468. The molecule has 0 aliphatic carbocycles. The Morgan fingerprint density at radius 3 is 2.05 bits per heavy atom. The summed E-state index contributed by atoms with van der Waals surface area (Å²) >= 11 is 0. The Bertz CT molecular complexity index is 676. The summed E-state index contributed by atoms with van der Waals surface area (Å²) in [6.07, 6.45) is 0. The first-order valence-electron chi connectivity index (χ1n) is 6.17. The molecule has 2 aromatic rings. The lowest BCUT2D eigenvalue weighted by Gasteiger charge is -2.06. The minimum absolute atomic E-state index is 0.0779. The summed E-state index contributed by atoms with van der Waals surface area (Å²) < 4.78 is 4.88. The maximum atomic E-state index is 11.9. The Labute approximate surface area is 120 Å². The second-order valence-corrected chi connectivity index (χ2v) is 4.22. The molecule has 0 bridgehead atoms. The minimum Gasteiger partial charge on any atom is -0.478 e. The number of carboxylic acids is 1. The molecule has 2 aromatic carbocycles. The molecule has 0 aliphatic heterocycles. The van der Waals surface area contributed by atoms with Gasteiger partial charge in [0, 0.05) is 5.56 Å². The van der Waals surface area contributed by atoms with Crippen molar-refractivity contribution in [3.05, 3.63) is 71.3 Å². The molecule has 0 aromatic heterocycles. The van der Waals surface area contributed by atoms with Crippen molar-refractivity contribution in [1.82, 2.24) is 0 Å². The van der Waals surface area contributed by atoms with Gasteiger partial charge in [-0.1, -0.05) is 42.5 Å². The van der Waals surface area contributed by atoms with Crippen LogP contribution in [-0.2, 0) is 4.74 Å². The Balaban J connectivity index is 2.06. The highest BCUT2D eigenvalue weighted by Crippen LogP contribution is 2.11. The SMILES string of the molecule is O=C(COC(=O)c1ccccc1C(=O)O)c1ccccc1. The van der Waals surface area contributed by atoms with E-state index in [0.29, 0.717) is 5.56 Å². The normalized spacial score (nSPS) is 9.90. The Hall–Kier alpha value is -2.95. The van der Waals surface area contributed by atoms with Crippen LogP contribution in [0.5, 0.6) is 0 Å². The average Bonchev–Trinajstić information content (AvgIpc) is 2.53. The zero-order chi connectivity index (χ0) is 15.2. The van der Waals surface area contributed by atoms with Gasteiger partial charge in [-0.2, -0.15) is 0 Å². The molecule has 106 valence electrons. The first kappa shape index (κ1) is 14.5. The topological polar surface area (TPSA) is 80.7 Å². The molecule has 0 heterocycles. The maximum Gasteiger partial charge on any atom is 0.339 e. The van der Waals surface area contributed by atoms with Gasteiger partial charge in [0.2, 0.25) is 0 Å². The van der Waals surface area contributed by atoms with E-state index in [9.17, 15) is 14.4 Å². The fraction of sp³-hybridized carbons (Fsp3) is 0.0625. The third kappa shape index (κ3) is 3.54. The Morgan fingerprint density at radius 2 is 1.43 bits per heavy atom. The Morgan fingerprint density at radius 1 is 0.857 bits per heavy atom. The summed E-state index contributed by atoms with van der Waals surface area (Å²) in [6, 6.07) is 14.1. The van der Waals surface area contributed by atoms with E-state index in [1.54, 1.807) is 30.3 Å². The zero-order valence-electron chi connectivity index (χ0n) is 11.0. The van der Waals surface area contributed by atoms with Gasteiger partial charge in [-0.05, 0) is 12.1 Å². The smallest absolute Gasteiger partial charge is 0.339 e. The molecular formula is C16H12O5. The van der Waals surface area contributed by atoms with Crippen LogP contribution in [-0.4, -0.2) is 29.4 Å². The molecule has 0 fully saturated rings. The number of carbonyl (C=O) groups excluding carboxylic acids is 2. The molecule has 0 spiro atoms. The molecule has 1 N–H and O–H groups in total. The maximum absolute atomic E-state index is 11.9. The van der Waals surface area contributed by atoms with Gasteiger partial charge in [0.15, 0.2) is 12.4 Å². The third-order valence-corrected chi connectivity index (χ3v) is 2.81. The van der Waals surface area contributed by atoms with E-state index in [-0.39, 0.29) is 16.9 Å². The van der Waals surface area contributed by atoms with Crippen LogP contribution in [0.15, 0.2) is 54.6 Å². The quantitative estimate of drug-likeness (QED) is 0.673. The molecule has 0 saturated carbocycles. The van der Waals surface area contributed by atoms with Crippen LogP contribution in [0.25, 0.3) is 0 Å². The van der Waals surface area contributed by atoms with Gasteiger partial charge in [-0.15, -0.1) is 0 Å². The number of hydrogen-bond donors (Lipinski definition) is 1. The summed E-state index contributed by atoms with van der Waals surface area (Å²) in [5.74, 6) is -2.41. The van der Waals surface area contributed by atoms with Crippen molar-refractivity contribution < 1.29 is 24.2 Å². The van der Waals surface area contributed by atoms with Crippen molar-refractivity contribution in [2.75, 3.05) is 6.61 Å². The van der Waals surface area contributed by atoms with Crippen LogP contribution in [0.1, 0.15) is 31.1 Å². The molecule has 0 atom stereocenters. The van der Waals surface area contributed by atoms with Gasteiger partial charge in [-0.25, -0.2) is 9.59 Å². The molecule has 0 saturated heterocycles. The summed E-state index contributed by atoms with van der Waals surface area (Å²) in [5, 5.41) is 9.00. The molecule has 2 rings (SSSR count). The number of ether oxygens (including phenoxy) is 1. The highest BCUT2D eigenvalue weighted by Gasteiger charge is 2.18. The molecule has 0 radical (unpaired) electrons. The second-order valence-electron chi connectivity index (χ2n) is 4.22. The van der Waals surface area contributed by atoms with Gasteiger partial charge in [0.05, 0.1) is 11.1 Å². The lowest BCUT2D eigenvalue weighted by Crippen LogP contribution is -2.16. The average molecular weight is 284 g/mol. The summed E-state index contributed by atoms with van der Waals surface area (Å²) in [7, 11) is 0. The molecule has 0 amide bonds. The number of rotatable bonds is 5. The fourth-order valence-electron chi connectivity index (χ4n) is 1.76. The van der Waals surface area contributed by atoms with E-state index in [1.807, 2.05) is 0 Å². The number of carbonyl (C=O) groups is 3. The van der Waals surface area contributed by atoms with Crippen molar-refractivity contribution >= 4 is 17.7 Å². The summed E-state index contributed by atoms with van der Waals surface area (Å²) in [6.45, 7) is -0.434. The zero-order valence-corrected chi connectivity index (χ0v) is 11.0. The van der Waals surface area contributed by atoms with Crippen LogP contribution in [0, 0.1) is 0 Å². The number of carboxylic acid groups (broad SMARTS) is 1. The van der Waals surface area contributed by atoms with Crippen LogP contribution >= 0.6 is 0 Å². The van der Waals surface area contributed by atoms with E-state index in [2.05, 4.69) is 0 Å². The molecule has 21 heavy (non-hydrogen) atoms. The summed E-state index contributed by atoms with van der Waals surface area (Å²) in [5.41, 5.74) is 0.192. The fourth-order valence-corrected chi connectivity index (χ4v) is 1.76. The van der Waals surface area contributed by atoms with E-state index in [0.717, 1.165) is 0 Å². The van der Waals surface area contributed by atoms with Gasteiger partial charge in [-0.3, -0.25) is 4.79 Å². The van der Waals surface area contributed by atoms with E-state index in [4.69, 9.17) is 9.84 Å². The van der Waals surface area contributed by atoms with Crippen molar-refractivity contribution in [2.45, 2.75) is 0 Å². The van der Waals surface area contributed by atoms with Crippen molar-refractivity contribution in [3.63, 3.8) is 0 Å². The largest absolute Gasteiger partial charge is 0.478 e. The standard InChI is InChI=1S/C16H12O5/c17-14(11-6-2-1-3-7-11)10-21-16(20)13-9-5-4-8-12(13)15(18)19/h1-9H,10H2,(H,18,19). The van der Waals surface area contributed by atoms with Crippen molar-refractivity contribution in [1.29, 1.82) is 0 Å². The number of hydrogen-bond acceptors (Lipinski definition) is 4. The van der Waals surface area contributed by atoms with Gasteiger partial charge in [0.25, 0.3) is 0 Å². The first-order chi connectivity index (χ1) is 10.1. The molecule has 5 heteroatoms. The van der Waals surface area contributed by atoms with Crippen molar-refractivity contribution in [3.8, 4) is 0 Å². The number of aromatic carboxylic acids is 1.